The van der Waals surface area contributed by atoms with Gasteiger partial charge in [-0.25, -0.2) is 21.2 Å². The molecule has 1 aromatic heterocycles. The molecule has 1 N–H and O–H groups in total. The highest BCUT2D eigenvalue weighted by Crippen LogP contribution is 2.33. The first kappa shape index (κ1) is 24.9. The molecule has 1 heterocycles. The average Bonchev–Trinajstić information content (AvgIpc) is 3.18. The van der Waals surface area contributed by atoms with E-state index in [-0.39, 0.29) is 23.1 Å². The molecule has 0 aliphatic carbocycles. The Kier molecular flexibility index (Phi) is 6.46. The molecule has 4 aromatic rings. The minimum atomic E-state index is -4.71. The van der Waals surface area contributed by atoms with Gasteiger partial charge >= 0.3 is 6.18 Å². The molecule has 0 bridgehead atoms. The molecule has 35 heavy (non-hydrogen) atoms. The molecule has 0 unspecified atom stereocenters. The molecule has 0 spiro atoms. The first-order valence-electron chi connectivity index (χ1n) is 10.6. The third kappa shape index (κ3) is 4.68. The van der Waals surface area contributed by atoms with Crippen LogP contribution in [0, 0.1) is 18.6 Å². The number of nitrogens with one attached hydrogen (secondary N) is 1. The summed E-state index contributed by atoms with van der Waals surface area (Å²) in [7, 11) is -2.73. The fourth-order valence-corrected chi connectivity index (χ4v) is 5.37. The molecular formula is C25H21F5N2O2S. The van der Waals surface area contributed by atoms with Crippen molar-refractivity contribution in [2.24, 2.45) is 0 Å². The second kappa shape index (κ2) is 9.09. The fourth-order valence-electron chi connectivity index (χ4n) is 3.94. The molecule has 0 radical (unpaired) electrons. The molecular weight excluding hydrogens is 487 g/mol. The lowest BCUT2D eigenvalue weighted by Gasteiger charge is -2.12. The smallest absolute Gasteiger partial charge is 0.316 e. The van der Waals surface area contributed by atoms with E-state index in [4.69, 9.17) is 0 Å². The van der Waals surface area contributed by atoms with Gasteiger partial charge in [0.1, 0.15) is 0 Å². The molecule has 4 nitrogen and oxygen atoms in total. The van der Waals surface area contributed by atoms with Gasteiger partial charge in [-0.15, -0.1) is 0 Å². The molecule has 3 aromatic carbocycles. The van der Waals surface area contributed by atoms with Crippen molar-refractivity contribution in [3.05, 3.63) is 100 Å². The Morgan fingerprint density at radius 1 is 0.943 bits per heavy atom. The van der Waals surface area contributed by atoms with Gasteiger partial charge in [0.2, 0.25) is 0 Å². The van der Waals surface area contributed by atoms with Crippen LogP contribution in [0.15, 0.2) is 65.7 Å². The molecule has 4 rings (SSSR count). The van der Waals surface area contributed by atoms with Crippen molar-refractivity contribution in [2.45, 2.75) is 31.0 Å². The van der Waals surface area contributed by atoms with E-state index in [1.54, 1.807) is 19.2 Å². The number of aromatic nitrogens is 1. The SMILES string of the molecule is CNCc1cn(S(=O)(=O)c2cccc(C(F)(F)F)c2)c2cc(Cc3ccc(C)c(F)c3F)ccc12. The van der Waals surface area contributed by atoms with Crippen LogP contribution in [-0.2, 0) is 29.2 Å². The Labute approximate surface area is 199 Å². The summed E-state index contributed by atoms with van der Waals surface area (Å²) in [6, 6.07) is 11.3. The summed E-state index contributed by atoms with van der Waals surface area (Å²) in [5.74, 6) is -1.93. The topological polar surface area (TPSA) is 51.1 Å². The number of nitrogens with zero attached hydrogens (tertiary/aromatic N) is 1. The number of aryl methyl sites for hydroxylation is 1. The zero-order valence-corrected chi connectivity index (χ0v) is 19.6. The lowest BCUT2D eigenvalue weighted by molar-refractivity contribution is -0.137. The molecule has 0 saturated heterocycles. The third-order valence-corrected chi connectivity index (χ3v) is 7.42. The average molecular weight is 509 g/mol. The monoisotopic (exact) mass is 508 g/mol. The number of benzene rings is 3. The van der Waals surface area contributed by atoms with Crippen molar-refractivity contribution in [1.82, 2.24) is 9.29 Å². The Bertz CT molecular complexity index is 1530. The molecule has 0 amide bonds. The van der Waals surface area contributed by atoms with Crippen molar-refractivity contribution in [3.63, 3.8) is 0 Å². The highest BCUT2D eigenvalue weighted by Gasteiger charge is 2.32. The molecule has 0 aliphatic rings. The fraction of sp³-hybridized carbons (Fsp3) is 0.200. The number of fused-ring (bicyclic) bond motifs is 1. The second-order valence-electron chi connectivity index (χ2n) is 8.21. The predicted octanol–water partition coefficient (Wildman–Crippen LogP) is 5.79. The summed E-state index contributed by atoms with van der Waals surface area (Å²) in [5, 5.41) is 3.50. The van der Waals surface area contributed by atoms with Gasteiger partial charge in [-0.05, 0) is 60.5 Å². The molecule has 0 fully saturated rings. The zero-order chi connectivity index (χ0) is 25.5. The van der Waals surface area contributed by atoms with E-state index in [1.807, 2.05) is 0 Å². The first-order valence-corrected chi connectivity index (χ1v) is 12.0. The van der Waals surface area contributed by atoms with Crippen molar-refractivity contribution in [1.29, 1.82) is 0 Å². The summed E-state index contributed by atoms with van der Waals surface area (Å²) in [6.45, 7) is 1.75. The van der Waals surface area contributed by atoms with Crippen molar-refractivity contribution >= 4 is 20.9 Å². The van der Waals surface area contributed by atoms with Crippen LogP contribution in [0.25, 0.3) is 10.9 Å². The largest absolute Gasteiger partial charge is 0.416 e. The quantitative estimate of drug-likeness (QED) is 0.335. The van der Waals surface area contributed by atoms with Crippen LogP contribution in [0.1, 0.15) is 27.8 Å². The van der Waals surface area contributed by atoms with Gasteiger partial charge in [0.05, 0.1) is 16.0 Å². The van der Waals surface area contributed by atoms with Gasteiger partial charge in [-0.3, -0.25) is 0 Å². The summed E-state index contributed by atoms with van der Waals surface area (Å²) in [6.07, 6.45) is -3.36. The van der Waals surface area contributed by atoms with E-state index in [0.29, 0.717) is 29.1 Å². The van der Waals surface area contributed by atoms with Crippen LogP contribution in [0.4, 0.5) is 22.0 Å². The van der Waals surface area contributed by atoms with E-state index in [1.165, 1.54) is 31.3 Å². The highest BCUT2D eigenvalue weighted by molar-refractivity contribution is 7.90. The van der Waals surface area contributed by atoms with Crippen LogP contribution in [0.5, 0.6) is 0 Å². The van der Waals surface area contributed by atoms with E-state index >= 15 is 0 Å². The van der Waals surface area contributed by atoms with Crippen molar-refractivity contribution in [3.8, 4) is 0 Å². The lowest BCUT2D eigenvalue weighted by atomic mass is 10.0. The van der Waals surface area contributed by atoms with Crippen LogP contribution < -0.4 is 5.32 Å². The highest BCUT2D eigenvalue weighted by atomic mass is 32.2. The summed E-state index contributed by atoms with van der Waals surface area (Å²) < 4.78 is 95.8. The third-order valence-electron chi connectivity index (χ3n) is 5.75. The normalized spacial score (nSPS) is 12.4. The lowest BCUT2D eigenvalue weighted by Crippen LogP contribution is -2.14. The van der Waals surface area contributed by atoms with Gasteiger partial charge in [-0.1, -0.05) is 30.3 Å². The maximum atomic E-state index is 14.4. The minimum Gasteiger partial charge on any atom is -0.316 e. The van der Waals surface area contributed by atoms with Gasteiger partial charge in [0.25, 0.3) is 10.0 Å². The Hall–Kier alpha value is -3.24. The Balaban J connectivity index is 1.86. The maximum Gasteiger partial charge on any atom is 0.416 e. The second-order valence-corrected chi connectivity index (χ2v) is 10.0. The Morgan fingerprint density at radius 2 is 1.69 bits per heavy atom. The Morgan fingerprint density at radius 3 is 2.37 bits per heavy atom. The summed E-state index contributed by atoms with van der Waals surface area (Å²) >= 11 is 0. The van der Waals surface area contributed by atoms with Crippen LogP contribution in [0.3, 0.4) is 0 Å². The predicted molar refractivity (Wildman–Crippen MR) is 123 cm³/mol. The zero-order valence-electron chi connectivity index (χ0n) is 18.7. The van der Waals surface area contributed by atoms with Crippen LogP contribution in [0.2, 0.25) is 0 Å². The van der Waals surface area contributed by atoms with Crippen LogP contribution in [-0.4, -0.2) is 19.4 Å². The number of halogens is 5. The van der Waals surface area contributed by atoms with E-state index in [2.05, 4.69) is 5.32 Å². The minimum absolute atomic E-state index is 0.00484. The first-order chi connectivity index (χ1) is 16.4. The van der Waals surface area contributed by atoms with Crippen molar-refractivity contribution < 1.29 is 30.4 Å². The molecule has 10 heteroatoms. The number of alkyl halides is 3. The van der Waals surface area contributed by atoms with Gasteiger partial charge in [0.15, 0.2) is 11.6 Å². The van der Waals surface area contributed by atoms with E-state index in [0.717, 1.165) is 22.2 Å². The standard InChI is InChI=1S/C25H21F5N2O2S/c1-15-6-8-17(24(27)23(15)26)10-16-7-9-21-18(13-31-2)14-32(22(21)11-16)35(33,34)20-5-3-4-19(12-20)25(28,29)30/h3-9,11-12,14,31H,10,13H2,1-2H3. The summed E-state index contributed by atoms with van der Waals surface area (Å²) in [5.41, 5.74) is 0.522. The molecule has 0 atom stereocenters. The van der Waals surface area contributed by atoms with E-state index in [9.17, 15) is 30.4 Å². The maximum absolute atomic E-state index is 14.4. The number of hydrogen-bond donors (Lipinski definition) is 1. The van der Waals surface area contributed by atoms with Gasteiger partial charge < -0.3 is 5.32 Å². The van der Waals surface area contributed by atoms with Crippen molar-refractivity contribution in [2.75, 3.05) is 7.05 Å². The number of hydrogen-bond acceptors (Lipinski definition) is 3. The van der Waals surface area contributed by atoms with Crippen LogP contribution >= 0.6 is 0 Å². The molecule has 184 valence electrons. The summed E-state index contributed by atoms with van der Waals surface area (Å²) in [4.78, 5) is -0.516. The van der Waals surface area contributed by atoms with Gasteiger partial charge in [-0.2, -0.15) is 13.2 Å². The molecule has 0 aliphatic heterocycles. The number of rotatable bonds is 6. The van der Waals surface area contributed by atoms with E-state index < -0.39 is 38.3 Å². The molecule has 0 saturated carbocycles. The van der Waals surface area contributed by atoms with Gasteiger partial charge in [0, 0.05) is 24.5 Å².